The van der Waals surface area contributed by atoms with Gasteiger partial charge in [0.1, 0.15) is 5.75 Å². The summed E-state index contributed by atoms with van der Waals surface area (Å²) in [6, 6.07) is 8.64. The lowest BCUT2D eigenvalue weighted by molar-refractivity contribution is 0.382. The van der Waals surface area contributed by atoms with Crippen molar-refractivity contribution in [2.45, 2.75) is 44.7 Å². The third-order valence-electron chi connectivity index (χ3n) is 3.88. The highest BCUT2D eigenvalue weighted by molar-refractivity contribution is 7.80. The Labute approximate surface area is 127 Å². The van der Waals surface area contributed by atoms with Gasteiger partial charge in [-0.1, -0.05) is 37.5 Å². The number of thiocarbonyl (C=S) groups is 1. The molecule has 1 N–H and O–H groups in total. The molecule has 1 fully saturated rings. The van der Waals surface area contributed by atoms with Gasteiger partial charge < -0.3 is 15.0 Å². The number of hydrogen-bond donors (Lipinski definition) is 1. The van der Waals surface area contributed by atoms with E-state index in [1.165, 1.54) is 32.1 Å². The van der Waals surface area contributed by atoms with Crippen LogP contribution >= 0.6 is 12.2 Å². The molecule has 0 radical (unpaired) electrons. The zero-order chi connectivity index (χ0) is 14.4. The average molecular weight is 292 g/mol. The number of ether oxygens (including phenoxy) is 1. The summed E-state index contributed by atoms with van der Waals surface area (Å²) in [5.41, 5.74) is 1.16. The molecule has 1 aromatic rings. The number of nitrogens with zero attached hydrogens (tertiary/aromatic N) is 1. The van der Waals surface area contributed by atoms with Gasteiger partial charge in [-0.05, 0) is 31.1 Å². The topological polar surface area (TPSA) is 24.5 Å². The molecule has 1 aliphatic carbocycles. The van der Waals surface area contributed by atoms with E-state index in [0.717, 1.165) is 23.0 Å². The Morgan fingerprint density at radius 1 is 1.30 bits per heavy atom. The largest absolute Gasteiger partial charge is 0.496 e. The van der Waals surface area contributed by atoms with E-state index in [9.17, 15) is 0 Å². The lowest BCUT2D eigenvalue weighted by Gasteiger charge is -2.28. The summed E-state index contributed by atoms with van der Waals surface area (Å²) in [5.74, 6) is 0.916. The number of hydrogen-bond acceptors (Lipinski definition) is 2. The van der Waals surface area contributed by atoms with E-state index in [4.69, 9.17) is 17.0 Å². The molecule has 0 atom stereocenters. The summed E-state index contributed by atoms with van der Waals surface area (Å²) in [5, 5.41) is 4.33. The molecule has 4 heteroatoms. The average Bonchev–Trinajstić information content (AvgIpc) is 2.48. The first-order chi connectivity index (χ1) is 9.70. The molecular formula is C16H24N2OS. The molecule has 110 valence electrons. The van der Waals surface area contributed by atoms with E-state index < -0.39 is 0 Å². The smallest absolute Gasteiger partial charge is 0.169 e. The second kappa shape index (κ2) is 7.48. The predicted molar refractivity (Wildman–Crippen MR) is 87.1 cm³/mol. The summed E-state index contributed by atoms with van der Waals surface area (Å²) in [6.07, 6.45) is 6.47. The summed E-state index contributed by atoms with van der Waals surface area (Å²) >= 11 is 5.51. The van der Waals surface area contributed by atoms with Crippen molar-refractivity contribution in [2.75, 3.05) is 14.2 Å². The minimum atomic E-state index is 0.552. The van der Waals surface area contributed by atoms with Gasteiger partial charge >= 0.3 is 0 Å². The van der Waals surface area contributed by atoms with Crippen molar-refractivity contribution in [3.8, 4) is 5.75 Å². The maximum atomic E-state index is 5.51. The third-order valence-corrected chi connectivity index (χ3v) is 4.31. The van der Waals surface area contributed by atoms with E-state index in [0.29, 0.717) is 6.04 Å². The Morgan fingerprint density at radius 2 is 2.00 bits per heavy atom. The zero-order valence-corrected chi connectivity index (χ0v) is 13.2. The highest BCUT2D eigenvalue weighted by Crippen LogP contribution is 2.20. The van der Waals surface area contributed by atoms with Crippen LogP contribution in [0.25, 0.3) is 0 Å². The van der Waals surface area contributed by atoms with Gasteiger partial charge in [0.2, 0.25) is 0 Å². The first-order valence-corrected chi connectivity index (χ1v) is 7.75. The van der Waals surface area contributed by atoms with Crippen molar-refractivity contribution >= 4 is 17.3 Å². The SMILES string of the molecule is COc1ccccc1CN(C)C(=S)NC1CCCCC1. The number of para-hydroxylation sites is 1. The Balaban J connectivity index is 1.89. The third kappa shape index (κ3) is 4.10. The molecule has 0 heterocycles. The first-order valence-electron chi connectivity index (χ1n) is 7.34. The van der Waals surface area contributed by atoms with Gasteiger partial charge in [0.15, 0.2) is 5.11 Å². The van der Waals surface area contributed by atoms with Crippen LogP contribution in [0.1, 0.15) is 37.7 Å². The Hall–Kier alpha value is -1.29. The van der Waals surface area contributed by atoms with E-state index in [-0.39, 0.29) is 0 Å². The molecular weight excluding hydrogens is 268 g/mol. The van der Waals surface area contributed by atoms with Crippen LogP contribution in [-0.4, -0.2) is 30.2 Å². The lowest BCUT2D eigenvalue weighted by Crippen LogP contribution is -2.43. The maximum Gasteiger partial charge on any atom is 0.169 e. The summed E-state index contributed by atoms with van der Waals surface area (Å²) < 4.78 is 5.39. The lowest BCUT2D eigenvalue weighted by atomic mass is 9.96. The molecule has 1 saturated carbocycles. The molecule has 3 nitrogen and oxygen atoms in total. The molecule has 20 heavy (non-hydrogen) atoms. The normalized spacial score (nSPS) is 15.7. The zero-order valence-electron chi connectivity index (χ0n) is 12.4. The monoisotopic (exact) mass is 292 g/mol. The van der Waals surface area contributed by atoms with Gasteiger partial charge in [-0.3, -0.25) is 0 Å². The van der Waals surface area contributed by atoms with Crippen LogP contribution in [0.15, 0.2) is 24.3 Å². The Morgan fingerprint density at radius 3 is 2.70 bits per heavy atom. The predicted octanol–water partition coefficient (Wildman–Crippen LogP) is 3.33. The fraction of sp³-hybridized carbons (Fsp3) is 0.562. The molecule has 2 rings (SSSR count). The van der Waals surface area contributed by atoms with Crippen molar-refractivity contribution in [3.05, 3.63) is 29.8 Å². The van der Waals surface area contributed by atoms with E-state index >= 15 is 0 Å². The van der Waals surface area contributed by atoms with Crippen LogP contribution in [0.4, 0.5) is 0 Å². The highest BCUT2D eigenvalue weighted by atomic mass is 32.1. The number of benzene rings is 1. The molecule has 0 amide bonds. The van der Waals surface area contributed by atoms with Crippen LogP contribution in [0.5, 0.6) is 5.75 Å². The quantitative estimate of drug-likeness (QED) is 0.860. The van der Waals surface area contributed by atoms with E-state index in [2.05, 4.69) is 16.3 Å². The van der Waals surface area contributed by atoms with Gasteiger partial charge in [-0.25, -0.2) is 0 Å². The van der Waals surface area contributed by atoms with Crippen LogP contribution in [0.3, 0.4) is 0 Å². The molecule has 0 spiro atoms. The van der Waals surface area contributed by atoms with Gasteiger partial charge in [-0.15, -0.1) is 0 Å². The maximum absolute atomic E-state index is 5.51. The van der Waals surface area contributed by atoms with Crippen LogP contribution in [0, 0.1) is 0 Å². The number of methoxy groups -OCH3 is 1. The van der Waals surface area contributed by atoms with Crippen molar-refractivity contribution in [2.24, 2.45) is 0 Å². The van der Waals surface area contributed by atoms with Crippen molar-refractivity contribution in [1.82, 2.24) is 10.2 Å². The summed E-state index contributed by atoms with van der Waals surface area (Å²) in [4.78, 5) is 2.09. The van der Waals surface area contributed by atoms with Gasteiger partial charge in [0, 0.05) is 25.2 Å². The molecule has 0 bridgehead atoms. The highest BCUT2D eigenvalue weighted by Gasteiger charge is 2.16. The summed E-state index contributed by atoms with van der Waals surface area (Å²) in [6.45, 7) is 0.766. The van der Waals surface area contributed by atoms with Crippen molar-refractivity contribution in [1.29, 1.82) is 0 Å². The Bertz CT molecular complexity index is 444. The van der Waals surface area contributed by atoms with Crippen molar-refractivity contribution in [3.63, 3.8) is 0 Å². The number of rotatable bonds is 4. The fourth-order valence-electron chi connectivity index (χ4n) is 2.69. The second-order valence-electron chi connectivity index (χ2n) is 5.45. The fourth-order valence-corrected chi connectivity index (χ4v) is 2.92. The molecule has 0 aliphatic heterocycles. The molecule has 0 aromatic heterocycles. The standard InChI is InChI=1S/C16H24N2OS/c1-18(12-13-8-6-7-11-15(13)19-2)16(20)17-14-9-4-3-5-10-14/h6-8,11,14H,3-5,9-10,12H2,1-2H3,(H,17,20). The van der Waals surface area contributed by atoms with Gasteiger partial charge in [-0.2, -0.15) is 0 Å². The first kappa shape index (κ1) is 15.1. The minimum Gasteiger partial charge on any atom is -0.496 e. The van der Waals surface area contributed by atoms with Crippen LogP contribution in [0.2, 0.25) is 0 Å². The van der Waals surface area contributed by atoms with Gasteiger partial charge in [0.25, 0.3) is 0 Å². The van der Waals surface area contributed by atoms with Crippen LogP contribution < -0.4 is 10.1 Å². The Kier molecular flexibility index (Phi) is 5.65. The minimum absolute atomic E-state index is 0.552. The van der Waals surface area contributed by atoms with E-state index in [1.54, 1.807) is 7.11 Å². The molecule has 1 aliphatic rings. The molecule has 0 unspecified atom stereocenters. The van der Waals surface area contributed by atoms with Crippen LogP contribution in [-0.2, 0) is 6.54 Å². The van der Waals surface area contributed by atoms with E-state index in [1.807, 2.05) is 25.2 Å². The molecule has 1 aromatic carbocycles. The number of nitrogens with one attached hydrogen (secondary N) is 1. The van der Waals surface area contributed by atoms with Crippen molar-refractivity contribution < 1.29 is 4.74 Å². The van der Waals surface area contributed by atoms with Gasteiger partial charge in [0.05, 0.1) is 7.11 Å². The second-order valence-corrected chi connectivity index (χ2v) is 5.84. The summed E-state index contributed by atoms with van der Waals surface area (Å²) in [7, 11) is 3.74. The molecule has 0 saturated heterocycles.